The number of halogens is 3. The highest BCUT2D eigenvalue weighted by atomic mass is 19.4. The summed E-state index contributed by atoms with van der Waals surface area (Å²) in [6.07, 6.45) is -4.62. The molecule has 0 bridgehead atoms. The Morgan fingerprint density at radius 1 is 0.931 bits per heavy atom. The molecule has 0 spiro atoms. The number of rotatable bonds is 4. The summed E-state index contributed by atoms with van der Waals surface area (Å²) in [6, 6.07) is 13.7. The van der Waals surface area contributed by atoms with Gasteiger partial charge >= 0.3 is 17.9 Å². The maximum atomic E-state index is 13.1. The molecule has 0 amide bonds. The number of methoxy groups -OCH3 is 1. The molecule has 3 rings (SSSR count). The van der Waals surface area contributed by atoms with Crippen molar-refractivity contribution in [3.8, 4) is 0 Å². The van der Waals surface area contributed by atoms with E-state index in [1.807, 2.05) is 0 Å². The summed E-state index contributed by atoms with van der Waals surface area (Å²) in [5, 5.41) is 1.25. The zero-order valence-corrected chi connectivity index (χ0v) is 15.0. The van der Waals surface area contributed by atoms with Gasteiger partial charge in [0.15, 0.2) is 5.78 Å². The fourth-order valence-corrected chi connectivity index (χ4v) is 2.92. The maximum absolute atomic E-state index is 13.1. The third kappa shape index (κ3) is 3.93. The Morgan fingerprint density at radius 3 is 2.10 bits per heavy atom. The lowest BCUT2D eigenvalue weighted by atomic mass is 9.92. The Bertz CT molecular complexity index is 1180. The minimum absolute atomic E-state index is 0.0551. The molecule has 0 aliphatic carbocycles. The van der Waals surface area contributed by atoms with Crippen molar-refractivity contribution in [3.05, 3.63) is 88.4 Å². The Hall–Kier alpha value is -3.77. The number of esters is 1. The van der Waals surface area contributed by atoms with Crippen LogP contribution < -0.4 is 0 Å². The fourth-order valence-electron chi connectivity index (χ4n) is 2.92. The normalized spacial score (nSPS) is 11.0. The van der Waals surface area contributed by atoms with Crippen LogP contribution in [0.25, 0.3) is 16.3 Å². The van der Waals surface area contributed by atoms with Crippen LogP contribution in [0.5, 0.6) is 0 Å². The molecule has 29 heavy (non-hydrogen) atoms. The van der Waals surface area contributed by atoms with Crippen molar-refractivity contribution in [1.82, 2.24) is 0 Å². The summed E-state index contributed by atoms with van der Waals surface area (Å²) in [6.45, 7) is 0. The molecule has 0 aromatic heterocycles. The minimum Gasteiger partial charge on any atom is -0.460 e. The molecule has 8 heteroatoms. The van der Waals surface area contributed by atoms with Crippen LogP contribution in [0.2, 0.25) is 0 Å². The van der Waals surface area contributed by atoms with E-state index in [9.17, 15) is 28.3 Å². The van der Waals surface area contributed by atoms with Gasteiger partial charge in [-0.2, -0.15) is 18.0 Å². The molecular weight excluding hydrogens is 385 g/mol. The molecule has 0 N–H and O–H groups in total. The number of carbonyl (C=O) groups is 2. The number of ketones is 1. The topological polar surface area (TPSA) is 79.8 Å². The summed E-state index contributed by atoms with van der Waals surface area (Å²) in [5.41, 5.74) is 7.42. The van der Waals surface area contributed by atoms with Crippen LogP contribution in [0.4, 0.5) is 13.2 Å². The molecule has 3 aromatic rings. The number of carbonyl (C=O) groups excluding carboxylic acids is 2. The van der Waals surface area contributed by atoms with E-state index in [0.29, 0.717) is 10.8 Å². The van der Waals surface area contributed by atoms with Crippen molar-refractivity contribution < 1.29 is 32.3 Å². The van der Waals surface area contributed by atoms with Crippen LogP contribution >= 0.6 is 0 Å². The average molecular weight is 398 g/mol. The van der Waals surface area contributed by atoms with E-state index in [4.69, 9.17) is 0 Å². The van der Waals surface area contributed by atoms with E-state index in [1.165, 1.54) is 18.2 Å². The first-order valence-corrected chi connectivity index (χ1v) is 8.31. The second-order valence-electron chi connectivity index (χ2n) is 6.09. The quantitative estimate of drug-likeness (QED) is 0.216. The second kappa shape index (κ2) is 7.69. The predicted octanol–water partition coefficient (Wildman–Crippen LogP) is 4.28. The third-order valence-electron chi connectivity index (χ3n) is 4.32. The van der Waals surface area contributed by atoms with Gasteiger partial charge in [-0.3, -0.25) is 4.79 Å². The van der Waals surface area contributed by atoms with Crippen molar-refractivity contribution in [1.29, 1.82) is 0 Å². The lowest BCUT2D eigenvalue weighted by Gasteiger charge is -2.10. The van der Waals surface area contributed by atoms with E-state index in [1.54, 1.807) is 24.3 Å². The molecule has 0 heterocycles. The van der Waals surface area contributed by atoms with Gasteiger partial charge in [-0.05, 0) is 35.0 Å². The summed E-state index contributed by atoms with van der Waals surface area (Å²) in [5.74, 6) is -1.76. The van der Waals surface area contributed by atoms with E-state index in [-0.39, 0.29) is 16.7 Å². The molecule has 0 unspecified atom stereocenters. The van der Waals surface area contributed by atoms with Gasteiger partial charge in [-0.1, -0.05) is 36.4 Å². The van der Waals surface area contributed by atoms with E-state index in [2.05, 4.69) is 9.53 Å². The van der Waals surface area contributed by atoms with Crippen LogP contribution in [-0.2, 0) is 15.7 Å². The van der Waals surface area contributed by atoms with Gasteiger partial charge in [0.05, 0.1) is 18.2 Å². The standard InChI is InChI=1S/C21H13F3N2O3/c1-29-20(28)18(26-25)16-10-12-5-2-3-6-13(12)11-17(16)19(27)14-7-4-8-15(9-14)21(22,23)24/h2-11H,1H3. The Morgan fingerprint density at radius 2 is 1.55 bits per heavy atom. The molecule has 0 aliphatic heterocycles. The number of alkyl halides is 3. The number of nitrogens with zero attached hydrogens (tertiary/aromatic N) is 2. The smallest absolute Gasteiger partial charge is 0.422 e. The van der Waals surface area contributed by atoms with Crippen molar-refractivity contribution in [2.75, 3.05) is 7.11 Å². The van der Waals surface area contributed by atoms with Crippen molar-refractivity contribution >= 4 is 28.2 Å². The van der Waals surface area contributed by atoms with E-state index >= 15 is 0 Å². The van der Waals surface area contributed by atoms with Crippen LogP contribution in [0.1, 0.15) is 27.0 Å². The van der Waals surface area contributed by atoms with E-state index in [0.717, 1.165) is 25.3 Å². The number of benzene rings is 3. The molecule has 5 nitrogen and oxygen atoms in total. The molecule has 0 aliphatic rings. The first-order valence-electron chi connectivity index (χ1n) is 8.31. The lowest BCUT2D eigenvalue weighted by molar-refractivity contribution is -0.138. The van der Waals surface area contributed by atoms with Gasteiger partial charge in [-0.25, -0.2) is 4.79 Å². The van der Waals surface area contributed by atoms with Gasteiger partial charge in [0.25, 0.3) is 0 Å². The van der Waals surface area contributed by atoms with E-state index < -0.39 is 29.2 Å². The Balaban J connectivity index is 2.25. The monoisotopic (exact) mass is 398 g/mol. The maximum Gasteiger partial charge on any atom is 0.422 e. The van der Waals surface area contributed by atoms with Crippen LogP contribution in [0.15, 0.2) is 60.7 Å². The van der Waals surface area contributed by atoms with Gasteiger partial charge < -0.3 is 10.3 Å². The number of ether oxygens (including phenoxy) is 1. The zero-order chi connectivity index (χ0) is 21.2. The first kappa shape index (κ1) is 20.0. The highest BCUT2D eigenvalue weighted by Gasteiger charge is 2.33. The minimum atomic E-state index is -4.62. The molecule has 3 aromatic carbocycles. The van der Waals surface area contributed by atoms with Gasteiger partial charge in [0.2, 0.25) is 0 Å². The molecule has 146 valence electrons. The van der Waals surface area contributed by atoms with Crippen molar-refractivity contribution in [2.24, 2.45) is 0 Å². The molecule has 0 saturated carbocycles. The fraction of sp³-hybridized carbons (Fsp3) is 0.0952. The van der Waals surface area contributed by atoms with Gasteiger partial charge in [0, 0.05) is 11.1 Å². The van der Waals surface area contributed by atoms with Crippen molar-refractivity contribution in [3.63, 3.8) is 0 Å². The van der Waals surface area contributed by atoms with Gasteiger partial charge in [-0.15, -0.1) is 0 Å². The Kier molecular flexibility index (Phi) is 5.30. The SMILES string of the molecule is COC(=O)C(=[N+]=[N-])c1cc2ccccc2cc1C(=O)c1cccc(C(F)(F)F)c1. The predicted molar refractivity (Wildman–Crippen MR) is 98.6 cm³/mol. The summed E-state index contributed by atoms with van der Waals surface area (Å²) >= 11 is 0. The van der Waals surface area contributed by atoms with Gasteiger partial charge in [0.1, 0.15) is 0 Å². The number of fused-ring (bicyclic) bond motifs is 1. The Labute approximate surface area is 163 Å². The number of hydrogen-bond acceptors (Lipinski definition) is 3. The van der Waals surface area contributed by atoms with Crippen LogP contribution in [0.3, 0.4) is 0 Å². The highest BCUT2D eigenvalue weighted by Crippen LogP contribution is 2.31. The third-order valence-corrected chi connectivity index (χ3v) is 4.32. The summed E-state index contributed by atoms with van der Waals surface area (Å²) < 4.78 is 43.7. The molecule has 0 atom stereocenters. The lowest BCUT2D eigenvalue weighted by Crippen LogP contribution is -2.21. The highest BCUT2D eigenvalue weighted by molar-refractivity contribution is 6.43. The van der Waals surface area contributed by atoms with Crippen LogP contribution in [-0.4, -0.2) is 29.4 Å². The first-order chi connectivity index (χ1) is 13.8. The molecule has 0 saturated heterocycles. The van der Waals surface area contributed by atoms with Crippen LogP contribution in [0, 0.1) is 0 Å². The molecule has 0 fully saturated rings. The molecular formula is C21H13F3N2O3. The molecule has 0 radical (unpaired) electrons. The zero-order valence-electron chi connectivity index (χ0n) is 15.0. The van der Waals surface area contributed by atoms with Crippen molar-refractivity contribution in [2.45, 2.75) is 6.18 Å². The summed E-state index contributed by atoms with van der Waals surface area (Å²) in [7, 11) is 1.07. The second-order valence-corrected chi connectivity index (χ2v) is 6.09. The average Bonchev–Trinajstić information content (AvgIpc) is 2.72. The number of hydrogen-bond donors (Lipinski definition) is 0. The summed E-state index contributed by atoms with van der Waals surface area (Å²) in [4.78, 5) is 28.0. The largest absolute Gasteiger partial charge is 0.460 e.